The molecule has 5 heteroatoms. The first-order valence-corrected chi connectivity index (χ1v) is 6.51. The highest BCUT2D eigenvalue weighted by molar-refractivity contribution is 5.83. The second-order valence-electron chi connectivity index (χ2n) is 5.95. The van der Waals surface area contributed by atoms with E-state index in [0.29, 0.717) is 18.9 Å². The van der Waals surface area contributed by atoms with Crippen molar-refractivity contribution < 1.29 is 19.1 Å². The van der Waals surface area contributed by atoms with Gasteiger partial charge in [-0.2, -0.15) is 0 Å². The lowest BCUT2D eigenvalue weighted by atomic mass is 10.1. The van der Waals surface area contributed by atoms with Crippen LogP contribution in [0.25, 0.3) is 0 Å². The number of piperidine rings is 1. The molecular weight excluding hydrogens is 234 g/mol. The van der Waals surface area contributed by atoms with Crippen molar-refractivity contribution in [1.29, 1.82) is 0 Å². The minimum absolute atomic E-state index is 0.175. The Morgan fingerprint density at radius 3 is 2.50 bits per heavy atom. The zero-order valence-electron chi connectivity index (χ0n) is 11.4. The number of amides is 1. The Kier molecular flexibility index (Phi) is 3.25. The molecule has 2 fully saturated rings. The summed E-state index contributed by atoms with van der Waals surface area (Å²) < 4.78 is 10.4. The summed E-state index contributed by atoms with van der Waals surface area (Å²) in [6.45, 7) is 7.58. The van der Waals surface area contributed by atoms with Gasteiger partial charge in [-0.25, -0.2) is 9.59 Å². The van der Waals surface area contributed by atoms with Crippen LogP contribution in [0.2, 0.25) is 0 Å². The highest BCUT2D eigenvalue weighted by Crippen LogP contribution is 2.48. The van der Waals surface area contributed by atoms with E-state index in [9.17, 15) is 9.59 Å². The maximum absolute atomic E-state index is 12.1. The zero-order valence-corrected chi connectivity index (χ0v) is 11.4. The third kappa shape index (κ3) is 2.60. The standard InChI is InChI=1S/C13H21NO4/c1-5-17-11(15)10-7-8-6-9(8)14(10)12(16)18-13(2,3)4/h8-10H,5-7H2,1-4H3/t8-,9+,10+/m0/s1. The topological polar surface area (TPSA) is 55.8 Å². The molecule has 0 bridgehead atoms. The van der Waals surface area contributed by atoms with Gasteiger partial charge in [0.1, 0.15) is 11.6 Å². The van der Waals surface area contributed by atoms with Gasteiger partial charge in [-0.15, -0.1) is 0 Å². The van der Waals surface area contributed by atoms with E-state index in [0.717, 1.165) is 6.42 Å². The Balaban J connectivity index is 2.04. The Morgan fingerprint density at radius 2 is 1.94 bits per heavy atom. The first-order chi connectivity index (χ1) is 8.33. The van der Waals surface area contributed by atoms with E-state index >= 15 is 0 Å². The van der Waals surface area contributed by atoms with Gasteiger partial charge in [-0.05, 0) is 46.5 Å². The lowest BCUT2D eigenvalue weighted by molar-refractivity contribution is -0.148. The van der Waals surface area contributed by atoms with Gasteiger partial charge in [0.2, 0.25) is 0 Å². The summed E-state index contributed by atoms with van der Waals surface area (Å²) in [5.41, 5.74) is -0.538. The maximum atomic E-state index is 12.1. The van der Waals surface area contributed by atoms with Gasteiger partial charge in [-0.1, -0.05) is 0 Å². The van der Waals surface area contributed by atoms with Crippen LogP contribution in [0.3, 0.4) is 0 Å². The smallest absolute Gasteiger partial charge is 0.411 e. The van der Waals surface area contributed by atoms with Crippen LogP contribution in [0.15, 0.2) is 0 Å². The molecule has 1 amide bonds. The number of fused-ring (bicyclic) bond motifs is 1. The Labute approximate surface area is 107 Å². The summed E-state index contributed by atoms with van der Waals surface area (Å²) in [5, 5.41) is 0. The van der Waals surface area contributed by atoms with Crippen LogP contribution in [0.5, 0.6) is 0 Å². The Hall–Kier alpha value is -1.26. The molecule has 2 rings (SSSR count). The van der Waals surface area contributed by atoms with Crippen molar-refractivity contribution in [2.45, 2.75) is 58.2 Å². The minimum Gasteiger partial charge on any atom is -0.464 e. The van der Waals surface area contributed by atoms with Crippen LogP contribution in [0, 0.1) is 5.92 Å². The molecule has 0 aromatic carbocycles. The Morgan fingerprint density at radius 1 is 1.28 bits per heavy atom. The minimum atomic E-state index is -0.538. The molecule has 3 atom stereocenters. The molecule has 1 aliphatic heterocycles. The fourth-order valence-electron chi connectivity index (χ4n) is 2.48. The molecule has 1 aliphatic carbocycles. The molecule has 5 nitrogen and oxygen atoms in total. The number of hydrogen-bond donors (Lipinski definition) is 0. The number of likely N-dealkylation sites (tertiary alicyclic amines) is 1. The second-order valence-corrected chi connectivity index (χ2v) is 5.95. The number of carbonyl (C=O) groups excluding carboxylic acids is 2. The van der Waals surface area contributed by atoms with E-state index in [1.54, 1.807) is 11.8 Å². The quantitative estimate of drug-likeness (QED) is 0.708. The molecular formula is C13H21NO4. The molecule has 1 saturated heterocycles. The number of carbonyl (C=O) groups is 2. The van der Waals surface area contributed by atoms with Crippen molar-refractivity contribution in [3.63, 3.8) is 0 Å². The lowest BCUT2D eigenvalue weighted by Crippen LogP contribution is -2.46. The molecule has 0 spiro atoms. The van der Waals surface area contributed by atoms with Gasteiger partial charge in [0, 0.05) is 6.04 Å². The van der Waals surface area contributed by atoms with Gasteiger partial charge < -0.3 is 9.47 Å². The molecule has 0 N–H and O–H groups in total. The SMILES string of the molecule is CCOC(=O)[C@H]1C[C@@H]2C[C@H]2N1C(=O)OC(C)(C)C. The summed E-state index contributed by atoms with van der Waals surface area (Å²) in [6.07, 6.45) is 1.29. The molecule has 1 saturated carbocycles. The summed E-state index contributed by atoms with van der Waals surface area (Å²) in [6, 6.07) is -0.280. The third-order valence-corrected chi connectivity index (χ3v) is 3.27. The van der Waals surface area contributed by atoms with E-state index in [1.807, 2.05) is 20.8 Å². The average molecular weight is 255 g/mol. The van der Waals surface area contributed by atoms with Crippen LogP contribution >= 0.6 is 0 Å². The van der Waals surface area contributed by atoms with Crippen LogP contribution < -0.4 is 0 Å². The van der Waals surface area contributed by atoms with Crippen LogP contribution in [0.4, 0.5) is 4.79 Å². The van der Waals surface area contributed by atoms with Gasteiger partial charge in [-0.3, -0.25) is 4.90 Å². The predicted molar refractivity (Wildman–Crippen MR) is 65.0 cm³/mol. The molecule has 2 aliphatic rings. The van der Waals surface area contributed by atoms with E-state index in [2.05, 4.69) is 0 Å². The summed E-state index contributed by atoms with van der Waals surface area (Å²) in [7, 11) is 0. The van der Waals surface area contributed by atoms with Crippen molar-refractivity contribution in [2.75, 3.05) is 6.61 Å². The zero-order chi connectivity index (χ0) is 13.5. The fourth-order valence-corrected chi connectivity index (χ4v) is 2.48. The van der Waals surface area contributed by atoms with Crippen molar-refractivity contribution in [3.05, 3.63) is 0 Å². The largest absolute Gasteiger partial charge is 0.464 e. The van der Waals surface area contributed by atoms with Crippen molar-refractivity contribution in [1.82, 2.24) is 4.90 Å². The number of esters is 1. The number of ether oxygens (including phenoxy) is 2. The van der Waals surface area contributed by atoms with E-state index in [1.165, 1.54) is 0 Å². The van der Waals surface area contributed by atoms with Crippen molar-refractivity contribution in [2.24, 2.45) is 5.92 Å². The van der Waals surface area contributed by atoms with Crippen LogP contribution in [0.1, 0.15) is 40.5 Å². The first-order valence-electron chi connectivity index (χ1n) is 6.51. The van der Waals surface area contributed by atoms with Gasteiger partial charge in [0.15, 0.2) is 0 Å². The average Bonchev–Trinajstić information content (AvgIpc) is 2.86. The highest BCUT2D eigenvalue weighted by Gasteiger charge is 2.57. The number of hydrogen-bond acceptors (Lipinski definition) is 4. The van der Waals surface area contributed by atoms with Crippen LogP contribution in [-0.4, -0.2) is 41.3 Å². The van der Waals surface area contributed by atoms with Gasteiger partial charge in [0.05, 0.1) is 6.61 Å². The van der Waals surface area contributed by atoms with Crippen molar-refractivity contribution >= 4 is 12.1 Å². The summed E-state index contributed by atoms with van der Waals surface area (Å²) in [5.74, 6) is 0.141. The maximum Gasteiger partial charge on any atom is 0.411 e. The predicted octanol–water partition coefficient (Wildman–Crippen LogP) is 1.95. The summed E-state index contributed by atoms with van der Waals surface area (Å²) >= 11 is 0. The molecule has 0 aromatic heterocycles. The number of nitrogens with zero attached hydrogens (tertiary/aromatic N) is 1. The lowest BCUT2D eigenvalue weighted by Gasteiger charge is -2.29. The van der Waals surface area contributed by atoms with Crippen molar-refractivity contribution in [3.8, 4) is 0 Å². The molecule has 18 heavy (non-hydrogen) atoms. The molecule has 0 aromatic rings. The Bertz CT molecular complexity index is 360. The molecule has 0 unspecified atom stereocenters. The second kappa shape index (κ2) is 4.44. The van der Waals surface area contributed by atoms with Gasteiger partial charge >= 0.3 is 12.1 Å². The monoisotopic (exact) mass is 255 g/mol. The van der Waals surface area contributed by atoms with E-state index in [-0.39, 0.29) is 12.0 Å². The fraction of sp³-hybridized carbons (Fsp3) is 0.846. The van der Waals surface area contributed by atoms with E-state index in [4.69, 9.17) is 9.47 Å². The molecule has 0 radical (unpaired) electrons. The third-order valence-electron chi connectivity index (χ3n) is 3.27. The highest BCUT2D eigenvalue weighted by atomic mass is 16.6. The van der Waals surface area contributed by atoms with Gasteiger partial charge in [0.25, 0.3) is 0 Å². The summed E-state index contributed by atoms with van der Waals surface area (Å²) in [4.78, 5) is 25.5. The van der Waals surface area contributed by atoms with E-state index < -0.39 is 17.7 Å². The molecule has 102 valence electrons. The van der Waals surface area contributed by atoms with Crippen LogP contribution in [-0.2, 0) is 14.3 Å². The first kappa shape index (κ1) is 13.2. The number of rotatable bonds is 2. The normalized spacial score (nSPS) is 29.8. The molecule has 1 heterocycles.